The van der Waals surface area contributed by atoms with Crippen molar-refractivity contribution in [2.45, 2.75) is 104 Å². The molecule has 0 saturated heterocycles. The van der Waals surface area contributed by atoms with Crippen LogP contribution in [0.4, 0.5) is 0 Å². The molecule has 0 radical (unpaired) electrons. The van der Waals surface area contributed by atoms with Crippen molar-refractivity contribution in [3.63, 3.8) is 0 Å². The third-order valence-corrected chi connectivity index (χ3v) is 3.95. The van der Waals surface area contributed by atoms with Crippen molar-refractivity contribution in [1.29, 1.82) is 0 Å². The van der Waals surface area contributed by atoms with E-state index in [1.165, 1.54) is 83.6 Å². The predicted molar refractivity (Wildman–Crippen MR) is 84.2 cm³/mol. The van der Waals surface area contributed by atoms with E-state index in [0.717, 1.165) is 6.04 Å². The van der Waals surface area contributed by atoms with E-state index >= 15 is 0 Å². The van der Waals surface area contributed by atoms with Crippen LogP contribution in [0, 0.1) is 0 Å². The molecule has 0 aliphatic heterocycles. The topological polar surface area (TPSA) is 12.0 Å². The van der Waals surface area contributed by atoms with E-state index in [1.54, 1.807) is 0 Å². The van der Waals surface area contributed by atoms with Crippen LogP contribution in [0.5, 0.6) is 0 Å². The minimum absolute atomic E-state index is 0.753. The van der Waals surface area contributed by atoms with Gasteiger partial charge in [-0.2, -0.15) is 0 Å². The summed E-state index contributed by atoms with van der Waals surface area (Å²) in [5.74, 6) is 0. The molecule has 0 aliphatic rings. The molecule has 0 aliphatic carbocycles. The second kappa shape index (κ2) is 15.0. The van der Waals surface area contributed by atoms with Gasteiger partial charge in [0.15, 0.2) is 0 Å². The lowest BCUT2D eigenvalue weighted by Gasteiger charge is -2.14. The molecule has 0 unspecified atom stereocenters. The van der Waals surface area contributed by atoms with Crippen LogP contribution in [0.1, 0.15) is 97.8 Å². The Kier molecular flexibility index (Phi) is 15.0. The van der Waals surface area contributed by atoms with E-state index in [2.05, 4.69) is 26.1 Å². The maximum atomic E-state index is 3.64. The minimum Gasteiger partial charge on any atom is -0.314 e. The summed E-state index contributed by atoms with van der Waals surface area (Å²) in [6.07, 6.45) is 16.9. The Hall–Kier alpha value is -0.0400. The molecule has 110 valence electrons. The van der Waals surface area contributed by atoms with Crippen LogP contribution in [0.15, 0.2) is 0 Å². The van der Waals surface area contributed by atoms with Gasteiger partial charge < -0.3 is 5.32 Å². The molecule has 1 nitrogen and oxygen atoms in total. The van der Waals surface area contributed by atoms with Crippen molar-refractivity contribution < 1.29 is 0 Å². The Morgan fingerprint density at radius 2 is 1.06 bits per heavy atom. The molecule has 0 fully saturated rings. The molecule has 0 aromatic carbocycles. The Labute approximate surface area is 116 Å². The highest BCUT2D eigenvalue weighted by atomic mass is 14.9. The zero-order valence-corrected chi connectivity index (χ0v) is 13.3. The van der Waals surface area contributed by atoms with Gasteiger partial charge in [-0.15, -0.1) is 0 Å². The summed E-state index contributed by atoms with van der Waals surface area (Å²) in [6.45, 7) is 8.07. The Balaban J connectivity index is 3.03. The standard InChI is InChI=1S/C17H37N/c1-4-7-8-9-10-11-12-13-14-15-16-18-17(5-2)6-3/h17-18H,4-16H2,1-3H3. The first-order valence-corrected chi connectivity index (χ1v) is 8.58. The first kappa shape index (κ1) is 18.0. The third-order valence-electron chi connectivity index (χ3n) is 3.95. The van der Waals surface area contributed by atoms with Crippen LogP contribution < -0.4 is 5.32 Å². The van der Waals surface area contributed by atoms with Gasteiger partial charge in [0.25, 0.3) is 0 Å². The average Bonchev–Trinajstić information content (AvgIpc) is 2.40. The SMILES string of the molecule is CCCCCCCCCCCCNC(CC)CC. The zero-order chi connectivity index (χ0) is 13.5. The van der Waals surface area contributed by atoms with E-state index in [1.807, 2.05) is 0 Å². The first-order chi connectivity index (χ1) is 8.85. The molecule has 0 bridgehead atoms. The van der Waals surface area contributed by atoms with E-state index in [0.29, 0.717) is 0 Å². The first-order valence-electron chi connectivity index (χ1n) is 8.58. The summed E-state index contributed by atoms with van der Waals surface area (Å²) in [5, 5.41) is 3.64. The van der Waals surface area contributed by atoms with Gasteiger partial charge >= 0.3 is 0 Å². The van der Waals surface area contributed by atoms with E-state index < -0.39 is 0 Å². The second-order valence-corrected chi connectivity index (χ2v) is 5.65. The smallest absolute Gasteiger partial charge is 0.00618 e. The molecule has 0 heterocycles. The summed E-state index contributed by atoms with van der Waals surface area (Å²) in [4.78, 5) is 0. The van der Waals surface area contributed by atoms with Crippen LogP contribution in [-0.4, -0.2) is 12.6 Å². The van der Waals surface area contributed by atoms with Crippen LogP contribution >= 0.6 is 0 Å². The lowest BCUT2D eigenvalue weighted by atomic mass is 10.1. The fourth-order valence-corrected chi connectivity index (χ4v) is 2.50. The summed E-state index contributed by atoms with van der Waals surface area (Å²) in [7, 11) is 0. The number of unbranched alkanes of at least 4 members (excludes halogenated alkanes) is 9. The van der Waals surface area contributed by atoms with Gasteiger partial charge in [-0.05, 0) is 25.8 Å². The van der Waals surface area contributed by atoms with Gasteiger partial charge in [0.2, 0.25) is 0 Å². The van der Waals surface area contributed by atoms with Crippen molar-refractivity contribution in [3.8, 4) is 0 Å². The van der Waals surface area contributed by atoms with Crippen LogP contribution in [-0.2, 0) is 0 Å². The normalized spacial score (nSPS) is 11.3. The molecule has 0 aromatic heterocycles. The Morgan fingerprint density at radius 3 is 1.50 bits per heavy atom. The Morgan fingerprint density at radius 1 is 0.611 bits per heavy atom. The maximum absolute atomic E-state index is 3.64. The van der Waals surface area contributed by atoms with Gasteiger partial charge in [0.1, 0.15) is 0 Å². The largest absolute Gasteiger partial charge is 0.314 e. The molecule has 1 N–H and O–H groups in total. The summed E-state index contributed by atoms with van der Waals surface area (Å²) >= 11 is 0. The van der Waals surface area contributed by atoms with Crippen LogP contribution in [0.3, 0.4) is 0 Å². The van der Waals surface area contributed by atoms with Crippen molar-refractivity contribution >= 4 is 0 Å². The van der Waals surface area contributed by atoms with Crippen molar-refractivity contribution in [2.75, 3.05) is 6.54 Å². The molecular formula is C17H37N. The molecular weight excluding hydrogens is 218 g/mol. The lowest BCUT2D eigenvalue weighted by molar-refractivity contribution is 0.466. The Bertz CT molecular complexity index is 141. The van der Waals surface area contributed by atoms with E-state index in [9.17, 15) is 0 Å². The maximum Gasteiger partial charge on any atom is 0.00618 e. The highest BCUT2D eigenvalue weighted by molar-refractivity contribution is 4.61. The van der Waals surface area contributed by atoms with Crippen molar-refractivity contribution in [2.24, 2.45) is 0 Å². The van der Waals surface area contributed by atoms with Crippen LogP contribution in [0.2, 0.25) is 0 Å². The van der Waals surface area contributed by atoms with Gasteiger partial charge in [-0.25, -0.2) is 0 Å². The van der Waals surface area contributed by atoms with Crippen molar-refractivity contribution in [3.05, 3.63) is 0 Å². The fourth-order valence-electron chi connectivity index (χ4n) is 2.50. The van der Waals surface area contributed by atoms with Gasteiger partial charge in [-0.1, -0.05) is 78.6 Å². The molecule has 0 rings (SSSR count). The second-order valence-electron chi connectivity index (χ2n) is 5.65. The highest BCUT2D eigenvalue weighted by Crippen LogP contribution is 2.10. The number of nitrogens with one attached hydrogen (secondary N) is 1. The van der Waals surface area contributed by atoms with Gasteiger partial charge in [0, 0.05) is 6.04 Å². The quantitative estimate of drug-likeness (QED) is 0.393. The molecule has 0 amide bonds. The predicted octanol–water partition coefficient (Wildman–Crippen LogP) is 5.69. The molecule has 0 aromatic rings. The highest BCUT2D eigenvalue weighted by Gasteiger charge is 2.00. The monoisotopic (exact) mass is 255 g/mol. The van der Waals surface area contributed by atoms with E-state index in [4.69, 9.17) is 0 Å². The molecule has 0 atom stereocenters. The molecule has 0 spiro atoms. The summed E-state index contributed by atoms with van der Waals surface area (Å²) < 4.78 is 0. The average molecular weight is 255 g/mol. The number of hydrogen-bond acceptors (Lipinski definition) is 1. The molecule has 0 saturated carbocycles. The number of rotatable bonds is 14. The van der Waals surface area contributed by atoms with E-state index in [-0.39, 0.29) is 0 Å². The number of hydrogen-bond donors (Lipinski definition) is 1. The summed E-state index contributed by atoms with van der Waals surface area (Å²) in [6, 6.07) is 0.753. The third kappa shape index (κ3) is 12.4. The zero-order valence-electron chi connectivity index (χ0n) is 13.3. The lowest BCUT2D eigenvalue weighted by Crippen LogP contribution is -2.28. The van der Waals surface area contributed by atoms with Crippen molar-refractivity contribution in [1.82, 2.24) is 5.32 Å². The summed E-state index contributed by atoms with van der Waals surface area (Å²) in [5.41, 5.74) is 0. The minimum atomic E-state index is 0.753. The van der Waals surface area contributed by atoms with Crippen LogP contribution in [0.25, 0.3) is 0 Å². The van der Waals surface area contributed by atoms with Gasteiger partial charge in [-0.3, -0.25) is 0 Å². The molecule has 1 heteroatoms. The van der Waals surface area contributed by atoms with Gasteiger partial charge in [0.05, 0.1) is 0 Å². The fraction of sp³-hybridized carbons (Fsp3) is 1.00. The molecule has 18 heavy (non-hydrogen) atoms.